The van der Waals surface area contributed by atoms with Gasteiger partial charge in [-0.3, -0.25) is 0 Å². The second-order valence-electron chi connectivity index (χ2n) is 6.21. The molecular formula is C17H19ClN2. The molecule has 1 atom stereocenters. The molecule has 0 aromatic heterocycles. The topological polar surface area (TPSA) is 38.0 Å². The van der Waals surface area contributed by atoms with Gasteiger partial charge in [0, 0.05) is 16.4 Å². The lowest BCUT2D eigenvalue weighted by Gasteiger charge is -2.41. The van der Waals surface area contributed by atoms with E-state index in [1.165, 1.54) is 16.8 Å². The molecule has 0 unspecified atom stereocenters. The number of rotatable bonds is 1. The second-order valence-corrected chi connectivity index (χ2v) is 6.65. The third kappa shape index (κ3) is 2.36. The maximum Gasteiger partial charge on any atom is 0.0568 e. The molecule has 0 aliphatic carbocycles. The number of benzene rings is 2. The highest BCUT2D eigenvalue weighted by Gasteiger charge is 2.35. The quantitative estimate of drug-likeness (QED) is 0.748. The van der Waals surface area contributed by atoms with Gasteiger partial charge < -0.3 is 11.1 Å². The Kier molecular flexibility index (Phi) is 3.14. The van der Waals surface area contributed by atoms with Gasteiger partial charge in [-0.15, -0.1) is 0 Å². The van der Waals surface area contributed by atoms with Crippen LogP contribution in [0.3, 0.4) is 0 Å². The summed E-state index contributed by atoms with van der Waals surface area (Å²) in [6.45, 7) is 4.55. The lowest BCUT2D eigenvalue weighted by molar-refractivity contribution is 0.295. The number of nitrogens with two attached hydrogens (primary N) is 1. The van der Waals surface area contributed by atoms with Crippen LogP contribution in [-0.2, 0) is 6.42 Å². The largest absolute Gasteiger partial charge is 0.399 e. The minimum absolute atomic E-state index is 0.103. The van der Waals surface area contributed by atoms with Crippen molar-refractivity contribution in [1.82, 2.24) is 0 Å². The SMILES string of the molecule is CC1(C)Cc2cc(Cl)ccc2N[C@@H]1c1cccc(N)c1. The number of fused-ring (bicyclic) bond motifs is 1. The van der Waals surface area contributed by atoms with Crippen LogP contribution in [0.25, 0.3) is 0 Å². The molecule has 0 spiro atoms. The maximum absolute atomic E-state index is 6.10. The van der Waals surface area contributed by atoms with Crippen molar-refractivity contribution in [1.29, 1.82) is 0 Å². The summed E-state index contributed by atoms with van der Waals surface area (Å²) in [5.41, 5.74) is 10.5. The zero-order valence-corrected chi connectivity index (χ0v) is 12.5. The minimum atomic E-state index is 0.103. The maximum atomic E-state index is 6.10. The van der Waals surface area contributed by atoms with Crippen LogP contribution in [0.4, 0.5) is 11.4 Å². The van der Waals surface area contributed by atoms with Crippen LogP contribution in [0, 0.1) is 5.41 Å². The third-order valence-electron chi connectivity index (χ3n) is 4.04. The van der Waals surface area contributed by atoms with E-state index in [-0.39, 0.29) is 11.5 Å². The smallest absolute Gasteiger partial charge is 0.0568 e. The lowest BCUT2D eigenvalue weighted by Crippen LogP contribution is -2.34. The van der Waals surface area contributed by atoms with Gasteiger partial charge in [0.1, 0.15) is 0 Å². The summed E-state index contributed by atoms with van der Waals surface area (Å²) in [4.78, 5) is 0. The number of anilines is 2. The molecule has 0 saturated carbocycles. The molecule has 2 aromatic carbocycles. The molecule has 104 valence electrons. The Morgan fingerprint density at radius 3 is 2.75 bits per heavy atom. The van der Waals surface area contributed by atoms with Gasteiger partial charge in [-0.05, 0) is 53.3 Å². The fourth-order valence-electron chi connectivity index (χ4n) is 3.07. The van der Waals surface area contributed by atoms with Crippen molar-refractivity contribution in [3.05, 3.63) is 58.6 Å². The molecule has 1 aliphatic rings. The van der Waals surface area contributed by atoms with Crippen molar-refractivity contribution in [3.8, 4) is 0 Å². The zero-order chi connectivity index (χ0) is 14.3. The van der Waals surface area contributed by atoms with E-state index in [1.54, 1.807) is 0 Å². The highest BCUT2D eigenvalue weighted by molar-refractivity contribution is 6.30. The van der Waals surface area contributed by atoms with E-state index in [0.717, 1.165) is 17.1 Å². The minimum Gasteiger partial charge on any atom is -0.399 e. The van der Waals surface area contributed by atoms with Gasteiger partial charge in [0.2, 0.25) is 0 Å². The summed E-state index contributed by atoms with van der Waals surface area (Å²) in [7, 11) is 0. The van der Waals surface area contributed by atoms with Gasteiger partial charge in [-0.1, -0.05) is 37.6 Å². The molecule has 0 bridgehead atoms. The molecule has 0 saturated heterocycles. The Balaban J connectivity index is 2.03. The van der Waals surface area contributed by atoms with Gasteiger partial charge in [0.05, 0.1) is 6.04 Å². The molecule has 20 heavy (non-hydrogen) atoms. The summed E-state index contributed by atoms with van der Waals surface area (Å²) in [6.07, 6.45) is 0.995. The van der Waals surface area contributed by atoms with Crippen molar-refractivity contribution in [2.75, 3.05) is 11.1 Å². The molecule has 3 N–H and O–H groups in total. The van der Waals surface area contributed by atoms with E-state index >= 15 is 0 Å². The molecule has 0 radical (unpaired) electrons. The summed E-state index contributed by atoms with van der Waals surface area (Å²) in [5, 5.41) is 4.44. The molecule has 1 heterocycles. The first kappa shape index (κ1) is 13.3. The van der Waals surface area contributed by atoms with E-state index in [4.69, 9.17) is 17.3 Å². The van der Waals surface area contributed by atoms with Crippen LogP contribution in [0.2, 0.25) is 5.02 Å². The summed E-state index contributed by atoms with van der Waals surface area (Å²) < 4.78 is 0. The van der Waals surface area contributed by atoms with Gasteiger partial charge >= 0.3 is 0 Å². The van der Waals surface area contributed by atoms with Gasteiger partial charge in [0.25, 0.3) is 0 Å². The Labute approximate surface area is 125 Å². The molecular weight excluding hydrogens is 268 g/mol. The first-order valence-electron chi connectivity index (χ1n) is 6.86. The van der Waals surface area contributed by atoms with Gasteiger partial charge in [-0.2, -0.15) is 0 Å². The number of hydrogen-bond donors (Lipinski definition) is 2. The van der Waals surface area contributed by atoms with Crippen molar-refractivity contribution in [3.63, 3.8) is 0 Å². The van der Waals surface area contributed by atoms with E-state index in [1.807, 2.05) is 18.2 Å². The second kappa shape index (κ2) is 4.71. The average molecular weight is 287 g/mol. The number of halogens is 1. The van der Waals surface area contributed by atoms with E-state index in [0.29, 0.717) is 0 Å². The van der Waals surface area contributed by atoms with E-state index < -0.39 is 0 Å². The average Bonchev–Trinajstić information content (AvgIpc) is 2.36. The van der Waals surface area contributed by atoms with Crippen molar-refractivity contribution >= 4 is 23.0 Å². The van der Waals surface area contributed by atoms with Gasteiger partial charge in [-0.25, -0.2) is 0 Å². The van der Waals surface area contributed by atoms with E-state index in [9.17, 15) is 0 Å². The molecule has 1 aliphatic heterocycles. The highest BCUT2D eigenvalue weighted by atomic mass is 35.5. The number of hydrogen-bond acceptors (Lipinski definition) is 2. The predicted octanol–water partition coefficient (Wildman–Crippen LogP) is 4.66. The predicted molar refractivity (Wildman–Crippen MR) is 86.2 cm³/mol. The van der Waals surface area contributed by atoms with Crippen LogP contribution in [0.5, 0.6) is 0 Å². The number of nitrogens with one attached hydrogen (secondary N) is 1. The normalized spacial score (nSPS) is 20.1. The molecule has 3 rings (SSSR count). The van der Waals surface area contributed by atoms with Crippen molar-refractivity contribution in [2.45, 2.75) is 26.3 Å². The Hall–Kier alpha value is -1.67. The Morgan fingerprint density at radius 1 is 1.20 bits per heavy atom. The summed E-state index contributed by atoms with van der Waals surface area (Å²) in [6, 6.07) is 14.4. The van der Waals surface area contributed by atoms with Crippen molar-refractivity contribution in [2.24, 2.45) is 5.41 Å². The molecule has 2 nitrogen and oxygen atoms in total. The number of nitrogen functional groups attached to an aromatic ring is 1. The molecule has 0 amide bonds. The van der Waals surface area contributed by atoms with Crippen LogP contribution in [0.1, 0.15) is 31.0 Å². The molecule has 0 fully saturated rings. The van der Waals surface area contributed by atoms with Crippen LogP contribution in [0.15, 0.2) is 42.5 Å². The molecule has 3 heteroatoms. The van der Waals surface area contributed by atoms with Gasteiger partial charge in [0.15, 0.2) is 0 Å². The summed E-state index contributed by atoms with van der Waals surface area (Å²) >= 11 is 6.10. The first-order chi connectivity index (χ1) is 9.45. The third-order valence-corrected chi connectivity index (χ3v) is 4.27. The Bertz CT molecular complexity index is 649. The standard InChI is InChI=1S/C17H19ClN2/c1-17(2)10-12-8-13(18)6-7-15(12)20-16(17)11-4-3-5-14(19)9-11/h3-9,16,20H,10,19H2,1-2H3/t16-/m1/s1. The monoisotopic (exact) mass is 286 g/mol. The Morgan fingerprint density at radius 2 is 2.00 bits per heavy atom. The fourth-order valence-corrected chi connectivity index (χ4v) is 3.26. The highest BCUT2D eigenvalue weighted by Crippen LogP contribution is 2.45. The van der Waals surface area contributed by atoms with E-state index in [2.05, 4.69) is 43.4 Å². The first-order valence-corrected chi connectivity index (χ1v) is 7.24. The van der Waals surface area contributed by atoms with Crippen LogP contribution in [-0.4, -0.2) is 0 Å². The summed E-state index contributed by atoms with van der Waals surface area (Å²) in [5.74, 6) is 0. The lowest BCUT2D eigenvalue weighted by atomic mass is 9.73. The zero-order valence-electron chi connectivity index (χ0n) is 11.8. The fraction of sp³-hybridized carbons (Fsp3) is 0.294. The van der Waals surface area contributed by atoms with Crippen LogP contribution >= 0.6 is 11.6 Å². The van der Waals surface area contributed by atoms with Crippen LogP contribution < -0.4 is 11.1 Å². The van der Waals surface area contributed by atoms with Crippen molar-refractivity contribution < 1.29 is 0 Å². The molecule has 2 aromatic rings.